The second kappa shape index (κ2) is 8.26. The first-order chi connectivity index (χ1) is 14.5. The van der Waals surface area contributed by atoms with E-state index in [1.807, 2.05) is 0 Å². The Kier molecular flexibility index (Phi) is 5.88. The van der Waals surface area contributed by atoms with Crippen LogP contribution in [0.1, 0.15) is 5.56 Å². The van der Waals surface area contributed by atoms with Crippen molar-refractivity contribution >= 4 is 75.5 Å². The van der Waals surface area contributed by atoms with E-state index in [0.717, 1.165) is 17.0 Å². The lowest BCUT2D eigenvalue weighted by Crippen LogP contribution is -2.54. The van der Waals surface area contributed by atoms with Gasteiger partial charge in [-0.05, 0) is 36.5 Å². The van der Waals surface area contributed by atoms with Gasteiger partial charge in [-0.1, -0.05) is 23.2 Å². The maximum absolute atomic E-state index is 13.0. The Morgan fingerprint density at radius 2 is 1.77 bits per heavy atom. The molecule has 3 rings (SSSR count). The molecule has 158 valence electrons. The van der Waals surface area contributed by atoms with E-state index in [4.69, 9.17) is 35.4 Å². The van der Waals surface area contributed by atoms with Gasteiger partial charge in [0.1, 0.15) is 5.57 Å². The van der Waals surface area contributed by atoms with E-state index in [1.165, 1.54) is 18.2 Å². The van der Waals surface area contributed by atoms with E-state index in [-0.39, 0.29) is 20.8 Å². The molecule has 0 aromatic heterocycles. The third-order valence-corrected chi connectivity index (χ3v) is 4.89. The standard InChI is InChI=1S/C17H8Cl2N4O7S/c18-8-1-2-12(11(19)5-8)21-16(26)10(15(25)20-17(21)31)4-7-3-9(22(27)28)6-13(14(7)24)23(29)30/h1-6,24H,(H,20,25,31)/b10-4+. The van der Waals surface area contributed by atoms with Crippen molar-refractivity contribution in [2.45, 2.75) is 0 Å². The average Bonchev–Trinajstić information content (AvgIpc) is 2.67. The van der Waals surface area contributed by atoms with Gasteiger partial charge >= 0.3 is 5.69 Å². The van der Waals surface area contributed by atoms with Gasteiger partial charge in [-0.2, -0.15) is 0 Å². The number of phenols is 1. The first-order valence-corrected chi connectivity index (χ1v) is 9.20. The molecule has 0 atom stereocenters. The van der Waals surface area contributed by atoms with Crippen LogP contribution in [0.4, 0.5) is 17.1 Å². The zero-order chi connectivity index (χ0) is 23.0. The normalized spacial score (nSPS) is 15.2. The van der Waals surface area contributed by atoms with Crippen molar-refractivity contribution in [3.63, 3.8) is 0 Å². The fourth-order valence-corrected chi connectivity index (χ4v) is 3.44. The van der Waals surface area contributed by atoms with Crippen LogP contribution in [0.5, 0.6) is 5.75 Å². The van der Waals surface area contributed by atoms with Gasteiger partial charge in [-0.3, -0.25) is 40.0 Å². The molecule has 1 saturated heterocycles. The number of nitro groups is 2. The number of halogens is 2. The third-order valence-electron chi connectivity index (χ3n) is 4.06. The van der Waals surface area contributed by atoms with Gasteiger partial charge < -0.3 is 5.11 Å². The number of thiocarbonyl (C=S) groups is 1. The average molecular weight is 483 g/mol. The maximum Gasteiger partial charge on any atom is 0.318 e. The summed E-state index contributed by atoms with van der Waals surface area (Å²) < 4.78 is 0. The second-order valence-corrected chi connectivity index (χ2v) is 7.20. The quantitative estimate of drug-likeness (QED) is 0.221. The molecule has 0 saturated carbocycles. The molecule has 1 heterocycles. The fraction of sp³-hybridized carbons (Fsp3) is 0. The van der Waals surface area contributed by atoms with Crippen molar-refractivity contribution in [3.8, 4) is 5.75 Å². The summed E-state index contributed by atoms with van der Waals surface area (Å²) in [5.41, 5.74) is -2.72. The van der Waals surface area contributed by atoms with Gasteiger partial charge in [0.15, 0.2) is 5.11 Å². The first-order valence-electron chi connectivity index (χ1n) is 8.03. The second-order valence-electron chi connectivity index (χ2n) is 5.97. The molecule has 2 aromatic rings. The number of nitrogens with one attached hydrogen (secondary N) is 1. The smallest absolute Gasteiger partial charge is 0.318 e. The van der Waals surface area contributed by atoms with Crippen molar-refractivity contribution in [2.75, 3.05) is 4.90 Å². The van der Waals surface area contributed by atoms with Gasteiger partial charge in [0.05, 0.1) is 26.6 Å². The highest BCUT2D eigenvalue weighted by Crippen LogP contribution is 2.37. The van der Waals surface area contributed by atoms with Crippen LogP contribution in [-0.4, -0.2) is 31.9 Å². The number of carbonyl (C=O) groups excluding carboxylic acids is 2. The number of amides is 2. The molecule has 11 nitrogen and oxygen atoms in total. The Labute approximate surface area is 187 Å². The van der Waals surface area contributed by atoms with Crippen LogP contribution >= 0.6 is 35.4 Å². The molecule has 14 heteroatoms. The summed E-state index contributed by atoms with van der Waals surface area (Å²) in [5, 5.41) is 34.6. The minimum atomic E-state index is -1.04. The maximum atomic E-state index is 13.0. The van der Waals surface area contributed by atoms with Crippen molar-refractivity contribution in [2.24, 2.45) is 0 Å². The number of hydrogen-bond acceptors (Lipinski definition) is 8. The first kappa shape index (κ1) is 22.1. The Morgan fingerprint density at radius 1 is 1.10 bits per heavy atom. The zero-order valence-electron chi connectivity index (χ0n) is 14.9. The number of benzene rings is 2. The summed E-state index contributed by atoms with van der Waals surface area (Å²) in [4.78, 5) is 46.5. The summed E-state index contributed by atoms with van der Waals surface area (Å²) in [5.74, 6) is -2.93. The lowest BCUT2D eigenvalue weighted by atomic mass is 10.0. The number of nitro benzene ring substituents is 2. The number of rotatable bonds is 4. The molecule has 2 aromatic carbocycles. The molecule has 1 aliphatic rings. The summed E-state index contributed by atoms with van der Waals surface area (Å²) in [6.07, 6.45) is 0.783. The molecular formula is C17H8Cl2N4O7S. The van der Waals surface area contributed by atoms with Crippen LogP contribution in [-0.2, 0) is 9.59 Å². The summed E-state index contributed by atoms with van der Waals surface area (Å²) in [6.45, 7) is 0. The lowest BCUT2D eigenvalue weighted by molar-refractivity contribution is -0.394. The SMILES string of the molecule is O=C1NC(=S)N(c2ccc(Cl)cc2Cl)C(=O)/C1=C/c1cc([N+](=O)[O-])cc([N+](=O)[O-])c1O. The molecule has 1 aliphatic heterocycles. The van der Waals surface area contributed by atoms with Crippen molar-refractivity contribution in [1.29, 1.82) is 0 Å². The van der Waals surface area contributed by atoms with Crippen LogP contribution in [0.15, 0.2) is 35.9 Å². The van der Waals surface area contributed by atoms with E-state index < -0.39 is 49.9 Å². The van der Waals surface area contributed by atoms with Gasteiger partial charge in [0.2, 0.25) is 5.75 Å². The molecule has 2 N–H and O–H groups in total. The number of hydrogen-bond donors (Lipinski definition) is 2. The number of anilines is 1. The summed E-state index contributed by atoms with van der Waals surface area (Å²) in [7, 11) is 0. The molecule has 2 amide bonds. The number of carbonyl (C=O) groups is 2. The predicted molar refractivity (Wildman–Crippen MR) is 114 cm³/mol. The molecular weight excluding hydrogens is 475 g/mol. The van der Waals surface area contributed by atoms with Crippen LogP contribution < -0.4 is 10.2 Å². The molecule has 0 spiro atoms. The van der Waals surface area contributed by atoms with Gasteiger partial charge in [0.25, 0.3) is 17.5 Å². The Bertz CT molecular complexity index is 1230. The minimum absolute atomic E-state index is 0.0348. The van der Waals surface area contributed by atoms with E-state index in [9.17, 15) is 34.9 Å². The number of nitrogens with zero attached hydrogens (tertiary/aromatic N) is 3. The molecule has 0 bridgehead atoms. The van der Waals surface area contributed by atoms with Gasteiger partial charge in [0, 0.05) is 16.7 Å². The minimum Gasteiger partial charge on any atom is -0.502 e. The Balaban J connectivity index is 2.17. The van der Waals surface area contributed by atoms with E-state index in [1.54, 1.807) is 0 Å². The lowest BCUT2D eigenvalue weighted by Gasteiger charge is -2.29. The monoisotopic (exact) mass is 482 g/mol. The van der Waals surface area contributed by atoms with Crippen LogP contribution in [0, 0.1) is 20.2 Å². The predicted octanol–water partition coefficient (Wildman–Crippen LogP) is 3.35. The highest BCUT2D eigenvalue weighted by atomic mass is 35.5. The molecule has 0 unspecified atom stereocenters. The molecule has 31 heavy (non-hydrogen) atoms. The number of non-ortho nitro benzene ring substituents is 1. The largest absolute Gasteiger partial charge is 0.502 e. The zero-order valence-corrected chi connectivity index (χ0v) is 17.2. The fourth-order valence-electron chi connectivity index (χ4n) is 2.67. The van der Waals surface area contributed by atoms with Crippen molar-refractivity contribution in [1.82, 2.24) is 5.32 Å². The Morgan fingerprint density at radius 3 is 2.35 bits per heavy atom. The number of aromatic hydroxyl groups is 1. The molecule has 0 radical (unpaired) electrons. The van der Waals surface area contributed by atoms with Crippen molar-refractivity contribution in [3.05, 3.63) is 71.7 Å². The van der Waals surface area contributed by atoms with E-state index in [0.29, 0.717) is 6.07 Å². The molecule has 0 aliphatic carbocycles. The highest BCUT2D eigenvalue weighted by Gasteiger charge is 2.36. The van der Waals surface area contributed by atoms with Crippen LogP contribution in [0.25, 0.3) is 6.08 Å². The molecule has 1 fully saturated rings. The topological polar surface area (TPSA) is 156 Å². The van der Waals surface area contributed by atoms with Crippen LogP contribution in [0.3, 0.4) is 0 Å². The van der Waals surface area contributed by atoms with Crippen LogP contribution in [0.2, 0.25) is 10.0 Å². The summed E-state index contributed by atoms with van der Waals surface area (Å²) >= 11 is 17.0. The Hall–Kier alpha value is -3.61. The van der Waals surface area contributed by atoms with E-state index >= 15 is 0 Å². The van der Waals surface area contributed by atoms with Crippen molar-refractivity contribution < 1.29 is 24.5 Å². The number of phenolic OH excluding ortho intramolecular Hbond substituents is 1. The van der Waals surface area contributed by atoms with Gasteiger partial charge in [-0.15, -0.1) is 0 Å². The third kappa shape index (κ3) is 4.17. The summed E-state index contributed by atoms with van der Waals surface area (Å²) in [6, 6.07) is 5.47. The van der Waals surface area contributed by atoms with Gasteiger partial charge in [-0.25, -0.2) is 0 Å². The highest BCUT2D eigenvalue weighted by molar-refractivity contribution is 7.80. The van der Waals surface area contributed by atoms with E-state index in [2.05, 4.69) is 5.32 Å².